The first-order chi connectivity index (χ1) is 13.0. The Morgan fingerprint density at radius 1 is 0.963 bits per heavy atom. The van der Waals surface area contributed by atoms with E-state index < -0.39 is 6.61 Å². The van der Waals surface area contributed by atoms with E-state index in [0.29, 0.717) is 0 Å². The van der Waals surface area contributed by atoms with Gasteiger partial charge in [0.05, 0.1) is 17.4 Å². The first kappa shape index (κ1) is 17.1. The summed E-state index contributed by atoms with van der Waals surface area (Å²) in [6.07, 6.45) is 3.45. The van der Waals surface area contributed by atoms with Gasteiger partial charge >= 0.3 is 6.61 Å². The summed E-state index contributed by atoms with van der Waals surface area (Å²) < 4.78 is 31.0. The third-order valence-corrected chi connectivity index (χ3v) is 4.51. The number of hydrogen-bond acceptors (Lipinski definition) is 3. The summed E-state index contributed by atoms with van der Waals surface area (Å²) in [7, 11) is 0. The summed E-state index contributed by atoms with van der Waals surface area (Å²) in [6.45, 7) is 1.29. The number of pyridine rings is 1. The van der Waals surface area contributed by atoms with E-state index in [1.54, 1.807) is 24.7 Å². The molecule has 0 fully saturated rings. The monoisotopic (exact) mass is 365 g/mol. The molecule has 0 saturated carbocycles. The fourth-order valence-corrected chi connectivity index (χ4v) is 3.26. The molecule has 0 radical (unpaired) electrons. The normalized spacial score (nSPS) is 11.3. The first-order valence-electron chi connectivity index (χ1n) is 8.48. The van der Waals surface area contributed by atoms with Gasteiger partial charge in [0, 0.05) is 11.3 Å². The zero-order valence-electron chi connectivity index (χ0n) is 14.9. The Morgan fingerprint density at radius 2 is 1.67 bits per heavy atom. The number of nitrogens with zero attached hydrogens (tertiary/aromatic N) is 3. The molecule has 27 heavy (non-hydrogen) atoms. The van der Waals surface area contributed by atoms with Crippen molar-refractivity contribution in [3.05, 3.63) is 72.2 Å². The number of alkyl halides is 2. The highest BCUT2D eigenvalue weighted by molar-refractivity contribution is 5.82. The van der Waals surface area contributed by atoms with Crippen LogP contribution in [-0.4, -0.2) is 21.1 Å². The lowest BCUT2D eigenvalue weighted by molar-refractivity contribution is -0.0498. The first-order valence-corrected chi connectivity index (χ1v) is 8.48. The van der Waals surface area contributed by atoms with Gasteiger partial charge < -0.3 is 4.74 Å². The summed E-state index contributed by atoms with van der Waals surface area (Å²) in [5, 5.41) is 0. The Kier molecular flexibility index (Phi) is 4.32. The van der Waals surface area contributed by atoms with Crippen molar-refractivity contribution < 1.29 is 13.5 Å². The van der Waals surface area contributed by atoms with Crippen LogP contribution in [0.4, 0.5) is 8.78 Å². The molecule has 2 heterocycles. The van der Waals surface area contributed by atoms with Gasteiger partial charge in [-0.05, 0) is 55.3 Å². The zero-order valence-corrected chi connectivity index (χ0v) is 14.9. The number of fused-ring (bicyclic) bond motifs is 1. The van der Waals surface area contributed by atoms with Gasteiger partial charge in [0.15, 0.2) is 0 Å². The molecular weight excluding hydrogens is 348 g/mol. The van der Waals surface area contributed by atoms with Crippen LogP contribution in [0.15, 0.2) is 61.1 Å². The lowest BCUT2D eigenvalue weighted by Gasteiger charge is -2.10. The molecule has 136 valence electrons. The van der Waals surface area contributed by atoms with Gasteiger partial charge in [0.2, 0.25) is 0 Å². The molecule has 0 spiro atoms. The van der Waals surface area contributed by atoms with E-state index in [1.165, 1.54) is 12.1 Å². The van der Waals surface area contributed by atoms with E-state index in [4.69, 9.17) is 0 Å². The number of halogens is 2. The van der Waals surface area contributed by atoms with Crippen LogP contribution in [0.25, 0.3) is 28.0 Å². The van der Waals surface area contributed by atoms with Gasteiger partial charge in [-0.15, -0.1) is 0 Å². The molecule has 0 bridgehead atoms. The summed E-state index contributed by atoms with van der Waals surface area (Å²) in [6, 6.07) is 14.6. The van der Waals surface area contributed by atoms with Crippen molar-refractivity contribution in [1.29, 1.82) is 0 Å². The Labute approximate surface area is 155 Å². The van der Waals surface area contributed by atoms with Crippen LogP contribution in [0, 0.1) is 13.8 Å². The average Bonchev–Trinajstić information content (AvgIpc) is 3.05. The van der Waals surface area contributed by atoms with E-state index in [0.717, 1.165) is 39.1 Å². The Balaban J connectivity index is 1.79. The molecule has 0 atom stereocenters. The maximum absolute atomic E-state index is 12.3. The number of benzene rings is 2. The Morgan fingerprint density at radius 3 is 2.33 bits per heavy atom. The topological polar surface area (TPSA) is 39.9 Å². The van der Waals surface area contributed by atoms with Gasteiger partial charge in [-0.3, -0.25) is 9.55 Å². The lowest BCUT2D eigenvalue weighted by atomic mass is 9.99. The van der Waals surface area contributed by atoms with Crippen LogP contribution >= 0.6 is 0 Å². The van der Waals surface area contributed by atoms with Gasteiger partial charge in [-0.1, -0.05) is 18.2 Å². The third-order valence-electron chi connectivity index (χ3n) is 4.51. The lowest BCUT2D eigenvalue weighted by Crippen LogP contribution is -2.02. The highest BCUT2D eigenvalue weighted by Crippen LogP contribution is 2.29. The molecule has 0 N–H and O–H groups in total. The number of imidazole rings is 1. The van der Waals surface area contributed by atoms with Crippen molar-refractivity contribution >= 4 is 11.0 Å². The quantitative estimate of drug-likeness (QED) is 0.492. The minimum absolute atomic E-state index is 0.121. The minimum Gasteiger partial charge on any atom is -0.435 e. The molecule has 4 rings (SSSR count). The molecule has 0 saturated heterocycles. The van der Waals surface area contributed by atoms with Crippen molar-refractivity contribution in [2.24, 2.45) is 0 Å². The summed E-state index contributed by atoms with van der Waals surface area (Å²) in [5.74, 6) is 0.121. The Bertz CT molecular complexity index is 1080. The fraction of sp³-hybridized carbons (Fsp3) is 0.143. The van der Waals surface area contributed by atoms with Crippen molar-refractivity contribution in [1.82, 2.24) is 14.5 Å². The molecule has 0 amide bonds. The number of aryl methyl sites for hydroxylation is 2. The van der Waals surface area contributed by atoms with Crippen molar-refractivity contribution in [3.8, 4) is 22.7 Å². The van der Waals surface area contributed by atoms with E-state index in [1.807, 2.05) is 16.7 Å². The largest absolute Gasteiger partial charge is 0.435 e. The van der Waals surface area contributed by atoms with Crippen molar-refractivity contribution in [2.75, 3.05) is 0 Å². The van der Waals surface area contributed by atoms with E-state index in [-0.39, 0.29) is 5.75 Å². The molecule has 2 aromatic carbocycles. The minimum atomic E-state index is -2.84. The average molecular weight is 365 g/mol. The second kappa shape index (κ2) is 6.79. The van der Waals surface area contributed by atoms with Crippen LogP contribution in [0.2, 0.25) is 0 Å². The molecule has 4 nitrogen and oxygen atoms in total. The van der Waals surface area contributed by atoms with E-state index >= 15 is 0 Å². The number of rotatable bonds is 4. The van der Waals surface area contributed by atoms with Crippen LogP contribution in [-0.2, 0) is 0 Å². The highest BCUT2D eigenvalue weighted by Gasteiger charge is 2.12. The Hall–Kier alpha value is -3.28. The maximum atomic E-state index is 12.3. The maximum Gasteiger partial charge on any atom is 0.387 e. The fourth-order valence-electron chi connectivity index (χ4n) is 3.26. The van der Waals surface area contributed by atoms with E-state index in [2.05, 4.69) is 40.7 Å². The third kappa shape index (κ3) is 3.26. The molecular formula is C21H17F2N3O. The van der Waals surface area contributed by atoms with Crippen LogP contribution < -0.4 is 4.74 Å². The highest BCUT2D eigenvalue weighted by atomic mass is 19.3. The number of aromatic nitrogens is 3. The molecule has 0 aliphatic heterocycles. The van der Waals surface area contributed by atoms with Crippen molar-refractivity contribution in [2.45, 2.75) is 20.5 Å². The smallest absolute Gasteiger partial charge is 0.387 e. The number of ether oxygens (including phenoxy) is 1. The molecule has 6 heteroatoms. The van der Waals surface area contributed by atoms with Gasteiger partial charge in [0.1, 0.15) is 17.6 Å². The second-order valence-corrected chi connectivity index (χ2v) is 6.31. The predicted molar refractivity (Wildman–Crippen MR) is 100 cm³/mol. The summed E-state index contributed by atoms with van der Waals surface area (Å²) >= 11 is 0. The summed E-state index contributed by atoms with van der Waals surface area (Å²) in [5.41, 5.74) is 6.74. The predicted octanol–water partition coefficient (Wildman–Crippen LogP) is 5.31. The second-order valence-electron chi connectivity index (χ2n) is 6.31. The van der Waals surface area contributed by atoms with Crippen molar-refractivity contribution in [3.63, 3.8) is 0 Å². The van der Waals surface area contributed by atoms with Gasteiger partial charge in [0.25, 0.3) is 0 Å². The number of hydrogen-bond donors (Lipinski definition) is 0. The SMILES string of the molecule is Cc1cccc(C)c1-c1cc2c(cn1)ncn2-c1ccc(OC(F)F)cc1. The standard InChI is InChI=1S/C21H17F2N3O/c1-13-4-3-5-14(2)20(13)17-10-19-18(11-24-17)25-12-26(19)15-6-8-16(9-7-15)27-21(22)23/h3-12,21H,1-2H3. The zero-order chi connectivity index (χ0) is 19.0. The molecule has 0 aliphatic rings. The molecule has 2 aromatic heterocycles. The van der Waals surface area contributed by atoms with Gasteiger partial charge in [-0.25, -0.2) is 4.98 Å². The van der Waals surface area contributed by atoms with Crippen LogP contribution in [0.1, 0.15) is 11.1 Å². The van der Waals surface area contributed by atoms with E-state index in [9.17, 15) is 8.78 Å². The molecule has 4 aromatic rings. The molecule has 0 unspecified atom stereocenters. The van der Waals surface area contributed by atoms with Crippen LogP contribution in [0.3, 0.4) is 0 Å². The molecule has 0 aliphatic carbocycles. The van der Waals surface area contributed by atoms with Gasteiger partial charge in [-0.2, -0.15) is 8.78 Å². The van der Waals surface area contributed by atoms with Crippen LogP contribution in [0.5, 0.6) is 5.75 Å². The summed E-state index contributed by atoms with van der Waals surface area (Å²) in [4.78, 5) is 8.97.